The van der Waals surface area contributed by atoms with Crippen LogP contribution in [0.4, 0.5) is 0 Å². The van der Waals surface area contributed by atoms with Crippen LogP contribution >= 0.6 is 0 Å². The highest BCUT2D eigenvalue weighted by atomic mass is 16.5. The summed E-state index contributed by atoms with van der Waals surface area (Å²) in [6.07, 6.45) is 8.38. The first-order chi connectivity index (χ1) is 9.31. The van der Waals surface area contributed by atoms with Gasteiger partial charge in [-0.05, 0) is 24.5 Å². The lowest BCUT2D eigenvalue weighted by Crippen LogP contribution is -1.99. The van der Waals surface area contributed by atoms with Gasteiger partial charge in [-0.25, -0.2) is 0 Å². The topological polar surface area (TPSA) is 34.2 Å². The van der Waals surface area contributed by atoms with Crippen LogP contribution in [0, 0.1) is 0 Å². The molecule has 0 atom stereocenters. The van der Waals surface area contributed by atoms with Gasteiger partial charge in [0, 0.05) is 38.4 Å². The molecule has 0 aliphatic heterocycles. The van der Waals surface area contributed by atoms with E-state index in [9.17, 15) is 0 Å². The van der Waals surface area contributed by atoms with Crippen molar-refractivity contribution in [3.05, 3.63) is 23.0 Å². The maximum absolute atomic E-state index is 5.19. The SMILES string of the molecule is CCCCCCc1cc(CCOC)[nH]c1CCOC. The Balaban J connectivity index is 2.55. The van der Waals surface area contributed by atoms with E-state index in [4.69, 9.17) is 9.47 Å². The second-order valence-electron chi connectivity index (χ2n) is 5.09. The fourth-order valence-electron chi connectivity index (χ4n) is 2.35. The predicted molar refractivity (Wildman–Crippen MR) is 79.8 cm³/mol. The molecular formula is C16H29NO2. The van der Waals surface area contributed by atoms with E-state index in [1.807, 2.05) is 0 Å². The van der Waals surface area contributed by atoms with Gasteiger partial charge in [0.2, 0.25) is 0 Å². The van der Waals surface area contributed by atoms with Crippen LogP contribution in [0.3, 0.4) is 0 Å². The van der Waals surface area contributed by atoms with Gasteiger partial charge in [-0.3, -0.25) is 0 Å². The molecule has 0 saturated carbocycles. The molecule has 0 unspecified atom stereocenters. The summed E-state index contributed by atoms with van der Waals surface area (Å²) in [6, 6.07) is 2.32. The highest BCUT2D eigenvalue weighted by Crippen LogP contribution is 2.16. The second-order valence-corrected chi connectivity index (χ2v) is 5.09. The lowest BCUT2D eigenvalue weighted by molar-refractivity contribution is 0.200. The number of hydrogen-bond donors (Lipinski definition) is 1. The average molecular weight is 267 g/mol. The summed E-state index contributed by atoms with van der Waals surface area (Å²) in [5.74, 6) is 0. The van der Waals surface area contributed by atoms with Gasteiger partial charge in [-0.15, -0.1) is 0 Å². The van der Waals surface area contributed by atoms with Gasteiger partial charge in [0.15, 0.2) is 0 Å². The van der Waals surface area contributed by atoms with Crippen LogP contribution in [0.1, 0.15) is 49.6 Å². The van der Waals surface area contributed by atoms with Gasteiger partial charge in [0.25, 0.3) is 0 Å². The lowest BCUT2D eigenvalue weighted by Gasteiger charge is -2.03. The summed E-state index contributed by atoms with van der Waals surface area (Å²) < 4.78 is 10.3. The van der Waals surface area contributed by atoms with E-state index in [-0.39, 0.29) is 0 Å². The molecule has 0 amide bonds. The molecule has 0 fully saturated rings. The van der Waals surface area contributed by atoms with Crippen molar-refractivity contribution in [3.63, 3.8) is 0 Å². The number of H-pyrrole nitrogens is 1. The Labute approximate surface area is 117 Å². The molecule has 3 nitrogen and oxygen atoms in total. The van der Waals surface area contributed by atoms with Crippen LogP contribution in [0.2, 0.25) is 0 Å². The smallest absolute Gasteiger partial charge is 0.0517 e. The Morgan fingerprint density at radius 1 is 0.947 bits per heavy atom. The second kappa shape index (κ2) is 10.0. The molecule has 3 heteroatoms. The van der Waals surface area contributed by atoms with E-state index >= 15 is 0 Å². The van der Waals surface area contributed by atoms with Crippen LogP contribution in [-0.4, -0.2) is 32.4 Å². The van der Waals surface area contributed by atoms with Crippen molar-refractivity contribution < 1.29 is 9.47 Å². The maximum atomic E-state index is 5.19. The highest BCUT2D eigenvalue weighted by Gasteiger charge is 2.08. The van der Waals surface area contributed by atoms with Gasteiger partial charge in [-0.1, -0.05) is 26.2 Å². The van der Waals surface area contributed by atoms with Crippen LogP contribution in [0.5, 0.6) is 0 Å². The standard InChI is InChI=1S/C16H29NO2/c1-4-5-6-7-8-14-13-15(9-11-18-2)17-16(14)10-12-19-3/h13,17H,4-12H2,1-3H3. The van der Waals surface area contributed by atoms with E-state index < -0.39 is 0 Å². The van der Waals surface area contributed by atoms with Crippen molar-refractivity contribution in [3.8, 4) is 0 Å². The molecular weight excluding hydrogens is 238 g/mol. The van der Waals surface area contributed by atoms with Crippen LogP contribution in [0.15, 0.2) is 6.07 Å². The molecule has 1 heterocycles. The summed E-state index contributed by atoms with van der Waals surface area (Å²) in [5, 5.41) is 0. The van der Waals surface area contributed by atoms with Crippen molar-refractivity contribution in [1.29, 1.82) is 0 Å². The van der Waals surface area contributed by atoms with Crippen molar-refractivity contribution >= 4 is 0 Å². The molecule has 0 saturated heterocycles. The number of aromatic nitrogens is 1. The molecule has 19 heavy (non-hydrogen) atoms. The Bertz CT molecular complexity index is 333. The maximum Gasteiger partial charge on any atom is 0.0517 e. The van der Waals surface area contributed by atoms with Crippen LogP contribution in [-0.2, 0) is 28.7 Å². The van der Waals surface area contributed by atoms with Crippen molar-refractivity contribution in [2.75, 3.05) is 27.4 Å². The minimum absolute atomic E-state index is 0.777. The van der Waals surface area contributed by atoms with E-state index in [1.165, 1.54) is 49.1 Å². The molecule has 110 valence electrons. The van der Waals surface area contributed by atoms with Gasteiger partial charge in [0.05, 0.1) is 13.2 Å². The fourth-order valence-corrected chi connectivity index (χ4v) is 2.35. The number of aromatic amines is 1. The summed E-state index contributed by atoms with van der Waals surface area (Å²) >= 11 is 0. The van der Waals surface area contributed by atoms with E-state index in [2.05, 4.69) is 18.0 Å². The molecule has 0 bridgehead atoms. The summed E-state index contributed by atoms with van der Waals surface area (Å²) in [6.45, 7) is 3.81. The van der Waals surface area contributed by atoms with Gasteiger partial charge in [-0.2, -0.15) is 0 Å². The Kier molecular flexibility index (Phi) is 8.59. The predicted octanol–water partition coefficient (Wildman–Crippen LogP) is 3.52. The summed E-state index contributed by atoms with van der Waals surface area (Å²) in [5.41, 5.74) is 4.11. The van der Waals surface area contributed by atoms with Crippen molar-refractivity contribution in [1.82, 2.24) is 4.98 Å². The normalized spacial score (nSPS) is 11.1. The highest BCUT2D eigenvalue weighted by molar-refractivity contribution is 5.26. The van der Waals surface area contributed by atoms with Crippen molar-refractivity contribution in [2.45, 2.75) is 51.9 Å². The minimum Gasteiger partial charge on any atom is -0.384 e. The first kappa shape index (κ1) is 16.3. The zero-order chi connectivity index (χ0) is 13.9. The van der Waals surface area contributed by atoms with Crippen LogP contribution in [0.25, 0.3) is 0 Å². The molecule has 1 aromatic rings. The zero-order valence-corrected chi connectivity index (χ0v) is 12.8. The van der Waals surface area contributed by atoms with Crippen LogP contribution < -0.4 is 0 Å². The molecule has 0 radical (unpaired) electrons. The Morgan fingerprint density at radius 3 is 2.37 bits per heavy atom. The number of rotatable bonds is 11. The number of nitrogens with one attached hydrogen (secondary N) is 1. The molecule has 0 aromatic carbocycles. The summed E-state index contributed by atoms with van der Waals surface area (Å²) in [4.78, 5) is 3.53. The number of methoxy groups -OCH3 is 2. The third kappa shape index (κ3) is 6.26. The number of ether oxygens (including phenoxy) is 2. The van der Waals surface area contributed by atoms with Gasteiger partial charge in [0.1, 0.15) is 0 Å². The summed E-state index contributed by atoms with van der Waals surface area (Å²) in [7, 11) is 3.51. The van der Waals surface area contributed by atoms with Gasteiger partial charge >= 0.3 is 0 Å². The average Bonchev–Trinajstić information content (AvgIpc) is 2.81. The number of unbranched alkanes of at least 4 members (excludes halogenated alkanes) is 3. The molecule has 0 spiro atoms. The first-order valence-electron chi connectivity index (χ1n) is 7.49. The Hall–Kier alpha value is -0.800. The number of aryl methyl sites for hydroxylation is 1. The largest absolute Gasteiger partial charge is 0.384 e. The molecule has 1 N–H and O–H groups in total. The van der Waals surface area contributed by atoms with Gasteiger partial charge < -0.3 is 14.5 Å². The number of hydrogen-bond acceptors (Lipinski definition) is 2. The third-order valence-electron chi connectivity index (χ3n) is 3.48. The molecule has 1 rings (SSSR count). The first-order valence-corrected chi connectivity index (χ1v) is 7.49. The Morgan fingerprint density at radius 2 is 1.68 bits per heavy atom. The third-order valence-corrected chi connectivity index (χ3v) is 3.48. The van der Waals surface area contributed by atoms with Crippen molar-refractivity contribution in [2.24, 2.45) is 0 Å². The zero-order valence-electron chi connectivity index (χ0n) is 12.8. The molecule has 0 aliphatic carbocycles. The fraction of sp³-hybridized carbons (Fsp3) is 0.750. The quantitative estimate of drug-likeness (QED) is 0.623. The molecule has 0 aliphatic rings. The van der Waals surface area contributed by atoms with E-state index in [0.29, 0.717) is 0 Å². The minimum atomic E-state index is 0.777. The molecule has 1 aromatic heterocycles. The monoisotopic (exact) mass is 267 g/mol. The van der Waals surface area contributed by atoms with E-state index in [0.717, 1.165) is 26.1 Å². The lowest BCUT2D eigenvalue weighted by atomic mass is 10.1. The van der Waals surface area contributed by atoms with E-state index in [1.54, 1.807) is 14.2 Å².